The van der Waals surface area contributed by atoms with Crippen LogP contribution in [-0.4, -0.2) is 62.8 Å². The number of rotatable bonds is 0. The van der Waals surface area contributed by atoms with Crippen molar-refractivity contribution < 1.29 is 46.5 Å². The molecule has 0 aromatic rings. The molecule has 0 aromatic carbocycles. The van der Waals surface area contributed by atoms with Crippen LogP contribution in [-0.2, 0) is 31.2 Å². The van der Waals surface area contributed by atoms with Crippen LogP contribution in [0.25, 0.3) is 0 Å². The van der Waals surface area contributed by atoms with Crippen molar-refractivity contribution in [1.82, 2.24) is 0 Å². The van der Waals surface area contributed by atoms with E-state index >= 15 is 0 Å². The Morgan fingerprint density at radius 2 is 1.07 bits per heavy atom. The molecule has 0 aromatic heterocycles. The number of hydrogen-bond donors (Lipinski definition) is 3. The molecular weight excluding hydrogens is 264 g/mol. The van der Waals surface area contributed by atoms with Crippen molar-refractivity contribution in [2.75, 3.05) is 0 Å². The summed E-state index contributed by atoms with van der Waals surface area (Å²) in [6, 6.07) is 0.944. The van der Waals surface area contributed by atoms with Gasteiger partial charge < -0.3 is 15.3 Å². The Bertz CT molecular complexity index is 206. The van der Waals surface area contributed by atoms with Gasteiger partial charge in [-0.05, 0) is 0 Å². The molecule has 0 atom stereocenters. The summed E-state index contributed by atoms with van der Waals surface area (Å²) in [5, 5.41) is 29.5. The molecule has 7 nitrogen and oxygen atoms in total. The first-order valence-corrected chi connectivity index (χ1v) is 2.76. The Kier molecular flexibility index (Phi) is 45.5. The summed E-state index contributed by atoms with van der Waals surface area (Å²) in [6.45, 7) is 2.17. The zero-order chi connectivity index (χ0) is 11.4. The van der Waals surface area contributed by atoms with Crippen molar-refractivity contribution in [2.24, 2.45) is 0 Å². The van der Waals surface area contributed by atoms with Crippen LogP contribution < -0.4 is 0 Å². The number of hydrogen-bond acceptors (Lipinski definition) is 4. The van der Waals surface area contributed by atoms with E-state index in [1.54, 1.807) is 0 Å². The molecule has 0 amide bonds. The van der Waals surface area contributed by atoms with Crippen molar-refractivity contribution in [1.29, 1.82) is 5.26 Å². The van der Waals surface area contributed by atoms with Gasteiger partial charge in [0.15, 0.2) is 6.07 Å². The minimum absolute atomic E-state index is 0. The van der Waals surface area contributed by atoms with Gasteiger partial charge in [0.05, 0.1) is 0 Å². The van der Waals surface area contributed by atoms with Gasteiger partial charge in [0.1, 0.15) is 0 Å². The van der Waals surface area contributed by atoms with E-state index in [4.69, 9.17) is 35.0 Å². The number of carbonyl (C=O) groups is 3. The van der Waals surface area contributed by atoms with E-state index in [1.807, 2.05) is 0 Å². The summed E-state index contributed by atoms with van der Waals surface area (Å²) in [5.41, 5.74) is 0. The summed E-state index contributed by atoms with van der Waals surface area (Å²) < 4.78 is 0. The third-order valence-corrected chi connectivity index (χ3v) is 0.0956. The van der Waals surface area contributed by atoms with Gasteiger partial charge in [-0.3, -0.25) is 9.59 Å². The number of carboxylic acid groups (broad SMARTS) is 3. The van der Waals surface area contributed by atoms with E-state index in [2.05, 4.69) is 0 Å². The molecule has 0 aliphatic carbocycles. The normalized spacial score (nSPS) is 5.13. The molecule has 0 unspecified atom stereocenters. The fourth-order valence-corrected chi connectivity index (χ4v) is 0. The van der Waals surface area contributed by atoms with Crippen molar-refractivity contribution >= 4 is 47.5 Å². The van der Waals surface area contributed by atoms with Crippen LogP contribution in [0.2, 0.25) is 0 Å². The van der Waals surface area contributed by atoms with Gasteiger partial charge in [-0.2, -0.15) is 5.26 Å². The van der Waals surface area contributed by atoms with E-state index in [0.29, 0.717) is 0 Å². The van der Waals surface area contributed by atoms with Crippen LogP contribution in [0.4, 0.5) is 0 Å². The van der Waals surface area contributed by atoms with Crippen LogP contribution in [0.1, 0.15) is 13.8 Å². The second-order valence-electron chi connectivity index (χ2n) is 1.45. The molecule has 0 heterocycles. The van der Waals surface area contributed by atoms with Crippen LogP contribution in [0.5, 0.6) is 0 Å². The third-order valence-electron chi connectivity index (χ3n) is 0.0956. The van der Waals surface area contributed by atoms with Gasteiger partial charge in [-0.25, -0.2) is 4.79 Å². The Balaban J connectivity index is -0.0000000315. The predicted molar refractivity (Wildman–Crippen MR) is 47.0 cm³/mol. The maximum absolute atomic E-state index is 9.01. The molecular formula is C6H10CoNNaO6. The summed E-state index contributed by atoms with van der Waals surface area (Å²) >= 11 is 0. The molecule has 0 fully saturated rings. The predicted octanol–water partition coefficient (Wildman–Crippen LogP) is -0.875. The Morgan fingerprint density at radius 1 is 1.00 bits per heavy atom. The monoisotopic (exact) mass is 274 g/mol. The first-order valence-electron chi connectivity index (χ1n) is 2.76. The summed E-state index contributed by atoms with van der Waals surface area (Å²) in [7, 11) is 0. The van der Waals surface area contributed by atoms with Crippen LogP contribution in [0.3, 0.4) is 0 Å². The average Bonchev–Trinajstić information content (AvgIpc) is 1.84. The fraction of sp³-hybridized carbons (Fsp3) is 0.333. The van der Waals surface area contributed by atoms with Gasteiger partial charge in [0.25, 0.3) is 11.9 Å². The quantitative estimate of drug-likeness (QED) is 0.296. The van der Waals surface area contributed by atoms with Crippen LogP contribution >= 0.6 is 0 Å². The van der Waals surface area contributed by atoms with Gasteiger partial charge >= 0.3 is 35.5 Å². The maximum atomic E-state index is 9.01. The second-order valence-corrected chi connectivity index (χ2v) is 1.45. The third kappa shape index (κ3) is 882. The van der Waals surface area contributed by atoms with Crippen molar-refractivity contribution in [3.8, 4) is 6.07 Å². The van der Waals surface area contributed by atoms with Gasteiger partial charge in [-0.15, -0.1) is 0 Å². The van der Waals surface area contributed by atoms with E-state index < -0.39 is 17.9 Å². The molecule has 9 heteroatoms. The molecule has 0 saturated carbocycles. The molecule has 0 spiro atoms. The standard InChI is InChI=1S/C2HNO2.2C2H4O2.Co.Na.H/c3-1-2(4)5;2*1-2(3)4;;;/h(H,4,5);2*1H3,(H,3,4);;;. The van der Waals surface area contributed by atoms with Gasteiger partial charge in [0.2, 0.25) is 0 Å². The van der Waals surface area contributed by atoms with E-state index in [1.165, 1.54) is 0 Å². The molecule has 0 aliphatic heterocycles. The SMILES string of the molecule is CC(=O)O.CC(=O)O.N#CC(=O)O.[Co].[NaH]. The Hall–Kier alpha value is -0.594. The number of aliphatic carboxylic acids is 3. The fourth-order valence-electron chi connectivity index (χ4n) is 0. The topological polar surface area (TPSA) is 136 Å². The molecule has 0 aliphatic rings. The van der Waals surface area contributed by atoms with Gasteiger partial charge in [0, 0.05) is 30.6 Å². The number of nitrogens with zero attached hydrogens (tertiary/aromatic N) is 1. The minimum atomic E-state index is -1.44. The van der Waals surface area contributed by atoms with E-state index in [0.717, 1.165) is 19.9 Å². The van der Waals surface area contributed by atoms with E-state index in [9.17, 15) is 0 Å². The zero-order valence-electron chi connectivity index (χ0n) is 7.35. The molecule has 0 saturated heterocycles. The average molecular weight is 274 g/mol. The van der Waals surface area contributed by atoms with E-state index in [-0.39, 0.29) is 46.3 Å². The van der Waals surface area contributed by atoms with Crippen molar-refractivity contribution in [3.63, 3.8) is 0 Å². The summed E-state index contributed by atoms with van der Waals surface area (Å²) in [4.78, 5) is 27.0. The Labute approximate surface area is 119 Å². The van der Waals surface area contributed by atoms with Crippen molar-refractivity contribution in [3.05, 3.63) is 0 Å². The first kappa shape index (κ1) is 29.3. The summed E-state index contributed by atoms with van der Waals surface area (Å²) in [5.74, 6) is -3.11. The van der Waals surface area contributed by atoms with Gasteiger partial charge in [-0.1, -0.05) is 0 Å². The molecule has 3 N–H and O–H groups in total. The van der Waals surface area contributed by atoms with Crippen LogP contribution in [0.15, 0.2) is 0 Å². The molecule has 1 radical (unpaired) electrons. The second kappa shape index (κ2) is 23.3. The molecule has 0 rings (SSSR count). The first-order chi connectivity index (χ1) is 5.73. The molecule has 0 bridgehead atoms. The summed E-state index contributed by atoms with van der Waals surface area (Å²) in [6.07, 6.45) is 0. The van der Waals surface area contributed by atoms with Crippen molar-refractivity contribution in [2.45, 2.75) is 13.8 Å². The number of carboxylic acids is 3. The molecule has 15 heavy (non-hydrogen) atoms. The molecule has 85 valence electrons. The number of nitriles is 1. The van der Waals surface area contributed by atoms with Crippen LogP contribution in [0, 0.1) is 11.3 Å². The Morgan fingerprint density at radius 3 is 1.07 bits per heavy atom. The zero-order valence-corrected chi connectivity index (χ0v) is 8.39.